The fraction of sp³-hybridized carbons (Fsp3) is 0.333. The van der Waals surface area contributed by atoms with Crippen LogP contribution in [0.5, 0.6) is 11.5 Å². The number of aromatic nitrogens is 5. The predicted octanol–water partition coefficient (Wildman–Crippen LogP) is 4.46. The lowest BCUT2D eigenvalue weighted by Crippen LogP contribution is -2.51. The van der Waals surface area contributed by atoms with E-state index < -0.39 is 29.1 Å². The van der Waals surface area contributed by atoms with Gasteiger partial charge < -0.3 is 34.3 Å². The number of anilines is 2. The second kappa shape index (κ2) is 13.6. The minimum atomic E-state index is -4.62. The average molecular weight is 765 g/mol. The van der Waals surface area contributed by atoms with Gasteiger partial charge in [-0.2, -0.15) is 22.7 Å². The lowest BCUT2D eigenvalue weighted by atomic mass is 10.1. The van der Waals surface area contributed by atoms with Crippen molar-refractivity contribution < 1.29 is 37.3 Å². The molecule has 0 aliphatic carbocycles. The maximum absolute atomic E-state index is 14.4. The van der Waals surface area contributed by atoms with Crippen LogP contribution in [0.4, 0.5) is 24.5 Å². The van der Waals surface area contributed by atoms with Crippen molar-refractivity contribution in [2.24, 2.45) is 0 Å². The van der Waals surface area contributed by atoms with Crippen molar-refractivity contribution in [2.45, 2.75) is 45.7 Å². The Hall–Kier alpha value is -5.68. The minimum Gasteiger partial charge on any atom is -0.505 e. The molecule has 2 amide bonds. The molecular weight excluding hydrogens is 733 g/mol. The van der Waals surface area contributed by atoms with Gasteiger partial charge in [-0.1, -0.05) is 30.7 Å². The van der Waals surface area contributed by atoms with E-state index in [-0.39, 0.29) is 78.6 Å². The number of pyridine rings is 1. The molecule has 1 saturated heterocycles. The average Bonchev–Trinajstić information content (AvgIpc) is 3.92. The van der Waals surface area contributed by atoms with Crippen molar-refractivity contribution in [1.82, 2.24) is 29.0 Å². The first kappa shape index (κ1) is 35.4. The van der Waals surface area contributed by atoms with Crippen LogP contribution in [0.3, 0.4) is 0 Å². The van der Waals surface area contributed by atoms with Crippen molar-refractivity contribution in [2.75, 3.05) is 43.0 Å². The van der Waals surface area contributed by atoms with Crippen LogP contribution in [-0.2, 0) is 48.3 Å². The van der Waals surface area contributed by atoms with Gasteiger partial charge in [0.1, 0.15) is 18.0 Å². The van der Waals surface area contributed by atoms with Crippen LogP contribution in [0.25, 0.3) is 17.2 Å². The number of carbonyl (C=O) groups excluding carboxylic acids is 2. The van der Waals surface area contributed by atoms with Gasteiger partial charge in [-0.3, -0.25) is 14.4 Å². The molecule has 0 saturated carbocycles. The predicted molar refractivity (Wildman–Crippen MR) is 189 cm³/mol. The molecule has 3 aliphatic rings. The molecule has 0 spiro atoms. The zero-order valence-electron chi connectivity index (χ0n) is 28.7. The number of carbonyl (C=O) groups is 2. The first-order valence-electron chi connectivity index (χ1n) is 17.2. The molecule has 0 radical (unpaired) electrons. The van der Waals surface area contributed by atoms with Crippen molar-refractivity contribution >= 4 is 40.6 Å². The number of alkyl halides is 3. The summed E-state index contributed by atoms with van der Waals surface area (Å²) in [4.78, 5) is 53.9. The molecule has 54 heavy (non-hydrogen) atoms. The van der Waals surface area contributed by atoms with Gasteiger partial charge in [0.05, 0.1) is 47.5 Å². The highest BCUT2D eigenvalue weighted by Gasteiger charge is 2.33. The lowest BCUT2D eigenvalue weighted by Gasteiger charge is -2.36. The quantitative estimate of drug-likeness (QED) is 0.243. The second-order valence-electron chi connectivity index (χ2n) is 13.1. The van der Waals surface area contributed by atoms with Gasteiger partial charge in [-0.05, 0) is 41.8 Å². The molecule has 280 valence electrons. The molecule has 14 nitrogen and oxygen atoms in total. The summed E-state index contributed by atoms with van der Waals surface area (Å²) in [5.74, 6) is -0.599. The number of amides is 2. The van der Waals surface area contributed by atoms with E-state index in [0.29, 0.717) is 48.9 Å². The van der Waals surface area contributed by atoms with Gasteiger partial charge in [0.15, 0.2) is 17.3 Å². The molecule has 1 fully saturated rings. The molecule has 2 aromatic carbocycles. The van der Waals surface area contributed by atoms with E-state index in [1.807, 2.05) is 30.0 Å². The third kappa shape index (κ3) is 6.36. The standard InChI is InChI=1S/C36H32ClF3N8O6/c1-2-26-31(45-8-10-46(11-9-45)33(51)30-27(49)15-28-25(42-30)7-12-54-28)34(52)48-35(43-32(44-48)19-3-4-20-17-53-18-21(20)13-19)47(26)16-29(50)41-24-6-5-22(14-23(24)37)36(38,39)40/h3-6,13-15,49H,2,7-12,16-18H2,1H3,(H,41,50). The first-order chi connectivity index (χ1) is 25.9. The van der Waals surface area contributed by atoms with Crippen LogP contribution in [0, 0.1) is 0 Å². The van der Waals surface area contributed by atoms with Crippen LogP contribution in [-0.4, -0.2) is 78.8 Å². The summed E-state index contributed by atoms with van der Waals surface area (Å²) in [6, 6.07) is 9.66. The fourth-order valence-corrected chi connectivity index (χ4v) is 7.24. The van der Waals surface area contributed by atoms with Gasteiger partial charge in [-0.15, -0.1) is 5.10 Å². The third-order valence-electron chi connectivity index (χ3n) is 9.74. The fourth-order valence-electron chi connectivity index (χ4n) is 7.01. The molecule has 18 heteroatoms. The Labute approximate surface area is 309 Å². The van der Waals surface area contributed by atoms with E-state index in [2.05, 4.69) is 15.4 Å². The molecule has 6 heterocycles. The number of benzene rings is 2. The van der Waals surface area contributed by atoms with Crippen molar-refractivity contribution in [3.05, 3.63) is 91.6 Å². The molecule has 0 bridgehead atoms. The highest BCUT2D eigenvalue weighted by Crippen LogP contribution is 2.35. The van der Waals surface area contributed by atoms with Crippen LogP contribution in [0.1, 0.15) is 45.5 Å². The van der Waals surface area contributed by atoms with Gasteiger partial charge >= 0.3 is 6.18 Å². The van der Waals surface area contributed by atoms with E-state index in [1.165, 1.54) is 6.07 Å². The molecule has 2 N–H and O–H groups in total. The zero-order chi connectivity index (χ0) is 37.9. The highest BCUT2D eigenvalue weighted by molar-refractivity contribution is 6.33. The van der Waals surface area contributed by atoms with E-state index in [4.69, 9.17) is 26.1 Å². The lowest BCUT2D eigenvalue weighted by molar-refractivity contribution is -0.137. The largest absolute Gasteiger partial charge is 0.505 e. The number of nitrogens with zero attached hydrogens (tertiary/aromatic N) is 7. The van der Waals surface area contributed by atoms with E-state index in [0.717, 1.165) is 33.8 Å². The normalized spacial score (nSPS) is 15.4. The summed E-state index contributed by atoms with van der Waals surface area (Å²) in [7, 11) is 0. The molecule has 0 atom stereocenters. The summed E-state index contributed by atoms with van der Waals surface area (Å²) in [6.07, 6.45) is -3.81. The number of fused-ring (bicyclic) bond motifs is 3. The Balaban J connectivity index is 1.14. The number of hydrogen-bond donors (Lipinski definition) is 2. The SMILES string of the molecule is CCc1c(N2CCN(C(=O)c3nc4c(cc3O)OCC4)CC2)c(=O)n2nc(-c3ccc4c(c3)COC4)nc2n1CC(=O)Nc1ccc(C(F)(F)F)cc1Cl. The van der Waals surface area contributed by atoms with Crippen molar-refractivity contribution in [3.63, 3.8) is 0 Å². The molecule has 3 aliphatic heterocycles. The Morgan fingerprint density at radius 3 is 2.54 bits per heavy atom. The smallest absolute Gasteiger partial charge is 0.416 e. The molecule has 8 rings (SSSR count). The minimum absolute atomic E-state index is 0.0234. The van der Waals surface area contributed by atoms with E-state index in [9.17, 15) is 32.7 Å². The van der Waals surface area contributed by atoms with E-state index in [1.54, 1.807) is 9.47 Å². The number of piperazine rings is 1. The highest BCUT2D eigenvalue weighted by atomic mass is 35.5. The first-order valence-corrected chi connectivity index (χ1v) is 17.6. The third-order valence-corrected chi connectivity index (χ3v) is 10.0. The molecule has 0 unspecified atom stereocenters. The second-order valence-corrected chi connectivity index (χ2v) is 13.5. The Kier molecular flexibility index (Phi) is 8.92. The van der Waals surface area contributed by atoms with Gasteiger partial charge in [-0.25, -0.2) is 4.98 Å². The number of halogens is 4. The summed E-state index contributed by atoms with van der Waals surface area (Å²) >= 11 is 6.15. The Morgan fingerprint density at radius 1 is 1.02 bits per heavy atom. The molecule has 5 aromatic rings. The van der Waals surface area contributed by atoms with Gasteiger partial charge in [0, 0.05) is 44.2 Å². The summed E-state index contributed by atoms with van der Waals surface area (Å²) in [5, 5.41) is 17.4. The number of hydrogen-bond acceptors (Lipinski definition) is 10. The molecule has 3 aromatic heterocycles. The summed E-state index contributed by atoms with van der Waals surface area (Å²) < 4.78 is 53.5. The van der Waals surface area contributed by atoms with Crippen LogP contribution in [0.15, 0.2) is 47.3 Å². The summed E-state index contributed by atoms with van der Waals surface area (Å²) in [5.41, 5.74) is 2.41. The zero-order valence-corrected chi connectivity index (χ0v) is 29.5. The summed E-state index contributed by atoms with van der Waals surface area (Å²) in [6.45, 7) is 3.60. The maximum atomic E-state index is 14.4. The van der Waals surface area contributed by atoms with Crippen LogP contribution >= 0.6 is 11.6 Å². The van der Waals surface area contributed by atoms with E-state index >= 15 is 0 Å². The number of aromatic hydroxyl groups is 1. The number of ether oxygens (including phenoxy) is 2. The Bertz CT molecular complexity index is 2410. The number of rotatable bonds is 7. The number of nitrogens with one attached hydrogen (secondary N) is 1. The van der Waals surface area contributed by atoms with Crippen molar-refractivity contribution in [3.8, 4) is 22.9 Å². The van der Waals surface area contributed by atoms with Crippen LogP contribution < -0.4 is 20.5 Å². The topological polar surface area (TPSA) is 156 Å². The van der Waals surface area contributed by atoms with Crippen molar-refractivity contribution in [1.29, 1.82) is 0 Å². The molecular formula is C36H32ClF3N8O6. The van der Waals surface area contributed by atoms with Gasteiger partial charge in [0.2, 0.25) is 11.7 Å². The maximum Gasteiger partial charge on any atom is 0.416 e. The van der Waals surface area contributed by atoms with Gasteiger partial charge in [0.25, 0.3) is 11.5 Å². The van der Waals surface area contributed by atoms with Crippen LogP contribution in [0.2, 0.25) is 5.02 Å². The Morgan fingerprint density at radius 2 is 1.80 bits per heavy atom. The monoisotopic (exact) mass is 764 g/mol.